The van der Waals surface area contributed by atoms with Crippen LogP contribution in [0.3, 0.4) is 0 Å². The van der Waals surface area contributed by atoms with Crippen LogP contribution < -0.4 is 0 Å². The molecule has 0 aliphatic carbocycles. The summed E-state index contributed by atoms with van der Waals surface area (Å²) in [5.41, 5.74) is 3.04. The fourth-order valence-electron chi connectivity index (χ4n) is 4.08. The van der Waals surface area contributed by atoms with Gasteiger partial charge < -0.3 is 4.90 Å². The minimum Gasteiger partial charge on any atom is -0.338 e. The zero-order valence-electron chi connectivity index (χ0n) is 17.8. The lowest BCUT2D eigenvalue weighted by molar-refractivity contribution is 0.0704. The number of carbonyl (C=O) groups is 1. The van der Waals surface area contributed by atoms with E-state index in [0.29, 0.717) is 11.3 Å². The second-order valence-electron chi connectivity index (χ2n) is 8.98. The lowest BCUT2D eigenvalue weighted by atomic mass is 9.86. The number of benzene rings is 2. The lowest BCUT2D eigenvalue weighted by Gasteiger charge is -2.32. The minimum absolute atomic E-state index is 0.0741. The van der Waals surface area contributed by atoms with E-state index in [4.69, 9.17) is 12.2 Å². The fourth-order valence-corrected chi connectivity index (χ4v) is 4.32. The molecule has 0 unspecified atom stereocenters. The molecular weight excluding hydrogens is 392 g/mol. The number of nitrogens with zero attached hydrogens (tertiary/aromatic N) is 3. The van der Waals surface area contributed by atoms with Gasteiger partial charge in [-0.05, 0) is 60.3 Å². The van der Waals surface area contributed by atoms with Gasteiger partial charge in [0.05, 0.1) is 0 Å². The van der Waals surface area contributed by atoms with Crippen molar-refractivity contribution in [2.24, 2.45) is 0 Å². The molecule has 6 heteroatoms. The molecule has 4 rings (SSSR count). The lowest BCUT2D eigenvalue weighted by Crippen LogP contribution is -2.39. The highest BCUT2D eigenvalue weighted by atomic mass is 32.1. The zero-order chi connectivity index (χ0) is 21.3. The monoisotopic (exact) mass is 420 g/mol. The predicted molar refractivity (Wildman–Crippen MR) is 122 cm³/mol. The first-order chi connectivity index (χ1) is 14.3. The van der Waals surface area contributed by atoms with Crippen molar-refractivity contribution in [3.05, 3.63) is 76.3 Å². The summed E-state index contributed by atoms with van der Waals surface area (Å²) < 4.78 is 2.57. The number of likely N-dealkylation sites (tertiary alicyclic amines) is 1. The molecule has 2 aromatic carbocycles. The molecule has 5 nitrogen and oxygen atoms in total. The van der Waals surface area contributed by atoms with Gasteiger partial charge in [-0.1, -0.05) is 51.1 Å². The second-order valence-corrected chi connectivity index (χ2v) is 9.36. The van der Waals surface area contributed by atoms with E-state index >= 15 is 0 Å². The van der Waals surface area contributed by atoms with Gasteiger partial charge >= 0.3 is 0 Å². The van der Waals surface area contributed by atoms with E-state index in [-0.39, 0.29) is 17.2 Å². The van der Waals surface area contributed by atoms with Crippen molar-refractivity contribution < 1.29 is 4.79 Å². The first kappa shape index (κ1) is 20.5. The topological polar surface area (TPSA) is 53.9 Å². The maximum Gasteiger partial charge on any atom is 0.253 e. The van der Waals surface area contributed by atoms with Crippen LogP contribution in [0.1, 0.15) is 61.3 Å². The first-order valence-corrected chi connectivity index (χ1v) is 10.9. The number of aromatic amines is 1. The third-order valence-corrected chi connectivity index (χ3v) is 6.06. The van der Waals surface area contributed by atoms with Crippen molar-refractivity contribution in [2.75, 3.05) is 13.1 Å². The van der Waals surface area contributed by atoms with Gasteiger partial charge in [0, 0.05) is 30.3 Å². The average molecular weight is 421 g/mol. The molecule has 0 radical (unpaired) electrons. The smallest absolute Gasteiger partial charge is 0.253 e. The van der Waals surface area contributed by atoms with Crippen LogP contribution in [0.4, 0.5) is 0 Å². The van der Waals surface area contributed by atoms with Gasteiger partial charge in [-0.15, -0.1) is 0 Å². The van der Waals surface area contributed by atoms with Crippen molar-refractivity contribution >= 4 is 18.1 Å². The number of rotatable bonds is 3. The zero-order valence-corrected chi connectivity index (χ0v) is 18.6. The highest BCUT2D eigenvalue weighted by Gasteiger charge is 2.29. The van der Waals surface area contributed by atoms with E-state index in [0.717, 1.165) is 36.5 Å². The van der Waals surface area contributed by atoms with E-state index in [1.807, 2.05) is 51.9 Å². The molecule has 1 atom stereocenters. The Kier molecular flexibility index (Phi) is 5.60. The molecule has 0 spiro atoms. The summed E-state index contributed by atoms with van der Waals surface area (Å²) in [5.74, 6) is 1.12. The number of amides is 1. The van der Waals surface area contributed by atoms with Crippen molar-refractivity contribution in [3.8, 4) is 5.69 Å². The molecule has 0 saturated carbocycles. The standard InChI is InChI=1S/C24H28N4OS/c1-24(2,3)19-13-11-17(12-14-19)22(29)27-15-7-8-18(16-27)21-25-26-23(30)28(21)20-9-5-4-6-10-20/h4-6,9-14,18H,7-8,15-16H2,1-3H3,(H,26,30)/t18-/m1/s1. The summed E-state index contributed by atoms with van der Waals surface area (Å²) in [6.45, 7) is 7.95. The van der Waals surface area contributed by atoms with Crippen molar-refractivity contribution in [1.29, 1.82) is 0 Å². The Morgan fingerprint density at radius 2 is 1.80 bits per heavy atom. The van der Waals surface area contributed by atoms with Crippen LogP contribution in [0.2, 0.25) is 0 Å². The molecule has 0 bridgehead atoms. The number of piperidine rings is 1. The number of H-pyrrole nitrogens is 1. The molecular formula is C24H28N4OS. The summed E-state index contributed by atoms with van der Waals surface area (Å²) in [5, 5.41) is 7.47. The minimum atomic E-state index is 0.0741. The Labute approximate surface area is 182 Å². The van der Waals surface area contributed by atoms with Crippen LogP contribution in [-0.2, 0) is 5.41 Å². The molecule has 1 aliphatic heterocycles. The summed E-state index contributed by atoms with van der Waals surface area (Å²) in [6, 6.07) is 18.1. The van der Waals surface area contributed by atoms with Crippen molar-refractivity contribution in [1.82, 2.24) is 19.7 Å². The molecule has 30 heavy (non-hydrogen) atoms. The van der Waals surface area contributed by atoms with E-state index in [1.165, 1.54) is 5.56 Å². The maximum absolute atomic E-state index is 13.2. The second kappa shape index (κ2) is 8.19. The normalized spacial score (nSPS) is 17.2. The molecule has 1 fully saturated rings. The Bertz CT molecular complexity index is 1080. The molecule has 1 aliphatic rings. The van der Waals surface area contributed by atoms with E-state index in [2.05, 4.69) is 43.1 Å². The van der Waals surface area contributed by atoms with E-state index in [9.17, 15) is 4.79 Å². The summed E-state index contributed by atoms with van der Waals surface area (Å²) in [4.78, 5) is 15.1. The van der Waals surface area contributed by atoms with Gasteiger partial charge in [-0.3, -0.25) is 14.5 Å². The Balaban J connectivity index is 1.56. The van der Waals surface area contributed by atoms with E-state index in [1.54, 1.807) is 0 Å². The fraction of sp³-hybridized carbons (Fsp3) is 0.375. The van der Waals surface area contributed by atoms with Crippen LogP contribution in [0, 0.1) is 4.77 Å². The van der Waals surface area contributed by atoms with Gasteiger partial charge in [0.2, 0.25) is 0 Å². The number of hydrogen-bond donors (Lipinski definition) is 1. The summed E-state index contributed by atoms with van der Waals surface area (Å²) >= 11 is 5.49. The number of carbonyl (C=O) groups excluding carboxylic acids is 1. The number of aromatic nitrogens is 3. The first-order valence-electron chi connectivity index (χ1n) is 10.5. The molecule has 1 amide bonds. The van der Waals surface area contributed by atoms with Gasteiger partial charge in [-0.25, -0.2) is 0 Å². The number of para-hydroxylation sites is 1. The SMILES string of the molecule is CC(C)(C)c1ccc(C(=O)N2CCC[C@@H](c3n[nH]c(=S)n3-c3ccccc3)C2)cc1. The molecule has 1 saturated heterocycles. The summed E-state index contributed by atoms with van der Waals surface area (Å²) in [6.07, 6.45) is 1.93. The Morgan fingerprint density at radius 1 is 1.10 bits per heavy atom. The van der Waals surface area contributed by atoms with Crippen molar-refractivity contribution in [3.63, 3.8) is 0 Å². The molecule has 1 N–H and O–H groups in total. The maximum atomic E-state index is 13.2. The molecule has 156 valence electrons. The molecule has 2 heterocycles. The molecule has 1 aromatic heterocycles. The number of nitrogens with one attached hydrogen (secondary N) is 1. The quantitative estimate of drug-likeness (QED) is 0.589. The largest absolute Gasteiger partial charge is 0.338 e. The highest BCUT2D eigenvalue weighted by Crippen LogP contribution is 2.29. The van der Waals surface area contributed by atoms with Crippen LogP contribution in [-0.4, -0.2) is 38.7 Å². The molecule has 3 aromatic rings. The highest BCUT2D eigenvalue weighted by molar-refractivity contribution is 7.71. The third kappa shape index (κ3) is 4.10. The van der Waals surface area contributed by atoms with Crippen LogP contribution >= 0.6 is 12.2 Å². The van der Waals surface area contributed by atoms with Crippen LogP contribution in [0.25, 0.3) is 5.69 Å². The Morgan fingerprint density at radius 3 is 2.47 bits per heavy atom. The predicted octanol–water partition coefficient (Wildman–Crippen LogP) is 5.25. The van der Waals surface area contributed by atoms with Gasteiger partial charge in [0.25, 0.3) is 5.91 Å². The van der Waals surface area contributed by atoms with Crippen molar-refractivity contribution in [2.45, 2.75) is 44.9 Å². The van der Waals surface area contributed by atoms with Gasteiger partial charge in [-0.2, -0.15) is 5.10 Å². The van der Waals surface area contributed by atoms with Crippen LogP contribution in [0.15, 0.2) is 54.6 Å². The van der Waals surface area contributed by atoms with Gasteiger partial charge in [0.1, 0.15) is 5.82 Å². The summed E-state index contributed by atoms with van der Waals surface area (Å²) in [7, 11) is 0. The van der Waals surface area contributed by atoms with Gasteiger partial charge in [0.15, 0.2) is 4.77 Å². The Hall–Kier alpha value is -2.73. The van der Waals surface area contributed by atoms with E-state index < -0.39 is 0 Å². The third-order valence-electron chi connectivity index (χ3n) is 5.78. The average Bonchev–Trinajstić information content (AvgIpc) is 3.15. The number of hydrogen-bond acceptors (Lipinski definition) is 3. The van der Waals surface area contributed by atoms with Crippen LogP contribution in [0.5, 0.6) is 0 Å².